The van der Waals surface area contributed by atoms with E-state index in [1.807, 2.05) is 0 Å². The van der Waals surface area contributed by atoms with Gasteiger partial charge in [-0.05, 0) is 43.9 Å². The molecular formula is C12H25NO. The highest BCUT2D eigenvalue weighted by molar-refractivity contribution is 4.90. The van der Waals surface area contributed by atoms with E-state index >= 15 is 0 Å². The normalized spacial score (nSPS) is 36.0. The van der Waals surface area contributed by atoms with Crippen molar-refractivity contribution in [3.63, 3.8) is 0 Å². The van der Waals surface area contributed by atoms with Crippen LogP contribution in [0.4, 0.5) is 0 Å². The van der Waals surface area contributed by atoms with E-state index in [2.05, 4.69) is 20.8 Å². The van der Waals surface area contributed by atoms with E-state index < -0.39 is 5.60 Å². The van der Waals surface area contributed by atoms with Crippen LogP contribution in [-0.4, -0.2) is 16.7 Å². The zero-order chi connectivity index (χ0) is 10.8. The number of aliphatic hydroxyl groups is 1. The van der Waals surface area contributed by atoms with Gasteiger partial charge in [0, 0.05) is 6.04 Å². The van der Waals surface area contributed by atoms with E-state index in [0.29, 0.717) is 17.9 Å². The SMILES string of the molecule is CC(C)CC(C)C1(O)CCC(N)CC1. The monoisotopic (exact) mass is 199 g/mol. The first kappa shape index (κ1) is 12.0. The minimum atomic E-state index is -0.430. The maximum atomic E-state index is 10.5. The van der Waals surface area contributed by atoms with Crippen molar-refractivity contribution in [3.8, 4) is 0 Å². The molecule has 1 rings (SSSR count). The van der Waals surface area contributed by atoms with Crippen LogP contribution in [0.1, 0.15) is 52.9 Å². The second kappa shape index (κ2) is 4.63. The fourth-order valence-electron chi connectivity index (χ4n) is 2.56. The van der Waals surface area contributed by atoms with Gasteiger partial charge in [-0.2, -0.15) is 0 Å². The molecule has 2 heteroatoms. The minimum Gasteiger partial charge on any atom is -0.390 e. The lowest BCUT2D eigenvalue weighted by atomic mass is 9.72. The quantitative estimate of drug-likeness (QED) is 0.732. The third-order valence-corrected chi connectivity index (χ3v) is 3.64. The van der Waals surface area contributed by atoms with Crippen molar-refractivity contribution in [2.24, 2.45) is 17.6 Å². The Morgan fingerprint density at radius 3 is 2.21 bits per heavy atom. The second-order valence-electron chi connectivity index (χ2n) is 5.47. The van der Waals surface area contributed by atoms with Crippen LogP contribution in [0, 0.1) is 11.8 Å². The lowest BCUT2D eigenvalue weighted by molar-refractivity contribution is -0.0524. The summed E-state index contributed by atoms with van der Waals surface area (Å²) in [4.78, 5) is 0. The molecule has 1 aliphatic rings. The van der Waals surface area contributed by atoms with Crippen molar-refractivity contribution in [3.05, 3.63) is 0 Å². The molecule has 0 aromatic rings. The highest BCUT2D eigenvalue weighted by atomic mass is 16.3. The highest BCUT2D eigenvalue weighted by Crippen LogP contribution is 2.36. The Kier molecular flexibility index (Phi) is 3.96. The molecule has 14 heavy (non-hydrogen) atoms. The fourth-order valence-corrected chi connectivity index (χ4v) is 2.56. The van der Waals surface area contributed by atoms with Crippen LogP contribution in [0.3, 0.4) is 0 Å². The zero-order valence-electron chi connectivity index (χ0n) is 9.79. The van der Waals surface area contributed by atoms with Crippen molar-refractivity contribution >= 4 is 0 Å². The molecule has 2 nitrogen and oxygen atoms in total. The Bertz CT molecular complexity index is 171. The molecule has 0 aliphatic heterocycles. The molecular weight excluding hydrogens is 174 g/mol. The number of rotatable bonds is 3. The highest BCUT2D eigenvalue weighted by Gasteiger charge is 2.36. The standard InChI is InChI=1S/C12H25NO/c1-9(2)8-10(3)12(14)6-4-11(13)5-7-12/h9-11,14H,4-8,13H2,1-3H3. The first-order chi connectivity index (χ1) is 6.44. The van der Waals surface area contributed by atoms with Crippen LogP contribution >= 0.6 is 0 Å². The van der Waals surface area contributed by atoms with Crippen LogP contribution in [0.25, 0.3) is 0 Å². The van der Waals surface area contributed by atoms with Gasteiger partial charge in [0.2, 0.25) is 0 Å². The number of hydrogen-bond donors (Lipinski definition) is 2. The Hall–Kier alpha value is -0.0800. The molecule has 0 amide bonds. The molecule has 1 unspecified atom stereocenters. The summed E-state index contributed by atoms with van der Waals surface area (Å²) in [7, 11) is 0. The lowest BCUT2D eigenvalue weighted by Gasteiger charge is -2.40. The topological polar surface area (TPSA) is 46.2 Å². The Morgan fingerprint density at radius 2 is 1.79 bits per heavy atom. The van der Waals surface area contributed by atoms with E-state index in [4.69, 9.17) is 5.73 Å². The largest absolute Gasteiger partial charge is 0.390 e. The summed E-state index contributed by atoms with van der Waals surface area (Å²) in [5.41, 5.74) is 5.42. The van der Waals surface area contributed by atoms with Crippen molar-refractivity contribution in [1.82, 2.24) is 0 Å². The summed E-state index contributed by atoms with van der Waals surface area (Å²) in [6.07, 6.45) is 4.87. The maximum Gasteiger partial charge on any atom is 0.0674 e. The molecule has 1 fully saturated rings. The van der Waals surface area contributed by atoms with Crippen LogP contribution in [-0.2, 0) is 0 Å². The molecule has 3 N–H and O–H groups in total. The van der Waals surface area contributed by atoms with E-state index in [9.17, 15) is 5.11 Å². The van der Waals surface area contributed by atoms with Gasteiger partial charge in [0.25, 0.3) is 0 Å². The molecule has 84 valence electrons. The Morgan fingerprint density at radius 1 is 1.29 bits per heavy atom. The predicted molar refractivity (Wildman–Crippen MR) is 60.0 cm³/mol. The van der Waals surface area contributed by atoms with Crippen LogP contribution in [0.2, 0.25) is 0 Å². The average molecular weight is 199 g/mol. The molecule has 0 heterocycles. The molecule has 0 aromatic carbocycles. The van der Waals surface area contributed by atoms with Gasteiger partial charge in [0.1, 0.15) is 0 Å². The van der Waals surface area contributed by atoms with Crippen molar-refractivity contribution < 1.29 is 5.11 Å². The molecule has 1 aliphatic carbocycles. The van der Waals surface area contributed by atoms with E-state index in [-0.39, 0.29) is 0 Å². The van der Waals surface area contributed by atoms with Crippen molar-refractivity contribution in [1.29, 1.82) is 0 Å². The summed E-state index contributed by atoms with van der Waals surface area (Å²) in [6, 6.07) is 0.321. The Balaban J connectivity index is 2.48. The van der Waals surface area contributed by atoms with E-state index in [0.717, 1.165) is 32.1 Å². The summed E-state index contributed by atoms with van der Waals surface area (Å²) < 4.78 is 0. The zero-order valence-corrected chi connectivity index (χ0v) is 9.79. The van der Waals surface area contributed by atoms with Gasteiger partial charge in [-0.25, -0.2) is 0 Å². The van der Waals surface area contributed by atoms with Gasteiger partial charge in [0.05, 0.1) is 5.60 Å². The summed E-state index contributed by atoms with van der Waals surface area (Å²) in [5.74, 6) is 1.08. The fraction of sp³-hybridized carbons (Fsp3) is 1.00. The van der Waals surface area contributed by atoms with Crippen LogP contribution < -0.4 is 5.73 Å². The molecule has 1 saturated carbocycles. The van der Waals surface area contributed by atoms with Crippen molar-refractivity contribution in [2.45, 2.75) is 64.5 Å². The predicted octanol–water partition coefficient (Wildman–Crippen LogP) is 2.30. The summed E-state index contributed by atoms with van der Waals surface area (Å²) >= 11 is 0. The molecule has 0 spiro atoms. The molecule has 1 atom stereocenters. The van der Waals surface area contributed by atoms with Gasteiger partial charge in [-0.1, -0.05) is 20.8 Å². The smallest absolute Gasteiger partial charge is 0.0674 e. The number of nitrogens with two attached hydrogens (primary N) is 1. The molecule has 0 bridgehead atoms. The lowest BCUT2D eigenvalue weighted by Crippen LogP contribution is -2.43. The Labute approximate surface area is 87.9 Å². The van der Waals surface area contributed by atoms with Crippen molar-refractivity contribution in [2.75, 3.05) is 0 Å². The third kappa shape index (κ3) is 2.96. The molecule has 0 radical (unpaired) electrons. The minimum absolute atomic E-state index is 0.321. The first-order valence-corrected chi connectivity index (χ1v) is 5.92. The van der Waals surface area contributed by atoms with E-state index in [1.54, 1.807) is 0 Å². The maximum absolute atomic E-state index is 10.5. The summed E-state index contributed by atoms with van der Waals surface area (Å²) in [5, 5.41) is 10.5. The van der Waals surface area contributed by atoms with Gasteiger partial charge < -0.3 is 10.8 Å². The molecule has 0 aromatic heterocycles. The molecule has 0 saturated heterocycles. The number of hydrogen-bond acceptors (Lipinski definition) is 2. The van der Waals surface area contributed by atoms with Crippen LogP contribution in [0.15, 0.2) is 0 Å². The van der Waals surface area contributed by atoms with Gasteiger partial charge in [0.15, 0.2) is 0 Å². The second-order valence-corrected chi connectivity index (χ2v) is 5.47. The van der Waals surface area contributed by atoms with Gasteiger partial charge >= 0.3 is 0 Å². The summed E-state index contributed by atoms with van der Waals surface area (Å²) in [6.45, 7) is 6.61. The van der Waals surface area contributed by atoms with Gasteiger partial charge in [-0.15, -0.1) is 0 Å². The first-order valence-electron chi connectivity index (χ1n) is 5.92. The van der Waals surface area contributed by atoms with Gasteiger partial charge in [-0.3, -0.25) is 0 Å². The van der Waals surface area contributed by atoms with Crippen LogP contribution in [0.5, 0.6) is 0 Å². The van der Waals surface area contributed by atoms with E-state index in [1.165, 1.54) is 0 Å². The average Bonchev–Trinajstić information content (AvgIpc) is 2.09. The third-order valence-electron chi connectivity index (χ3n) is 3.64.